The number of rotatable bonds is 5. The maximum atomic E-state index is 13.1. The summed E-state index contributed by atoms with van der Waals surface area (Å²) >= 11 is 0. The van der Waals surface area contributed by atoms with Crippen LogP contribution in [0.4, 0.5) is 4.39 Å². The highest BCUT2D eigenvalue weighted by Gasteiger charge is 2.30. The lowest BCUT2D eigenvalue weighted by Crippen LogP contribution is -2.44. The van der Waals surface area contributed by atoms with Gasteiger partial charge in [-0.25, -0.2) is 4.39 Å². The molecule has 26 heavy (non-hydrogen) atoms. The molecule has 138 valence electrons. The van der Waals surface area contributed by atoms with Gasteiger partial charge in [-0.15, -0.1) is 0 Å². The summed E-state index contributed by atoms with van der Waals surface area (Å²) in [6.07, 6.45) is 5.60. The van der Waals surface area contributed by atoms with Crippen molar-refractivity contribution >= 4 is 5.91 Å². The van der Waals surface area contributed by atoms with Gasteiger partial charge in [0.2, 0.25) is 5.91 Å². The minimum atomic E-state index is -0.256. The Kier molecular flexibility index (Phi) is 5.99. The highest BCUT2D eigenvalue weighted by atomic mass is 19.1. The number of amides is 1. The first kappa shape index (κ1) is 18.5. The quantitative estimate of drug-likeness (QED) is 0.821. The van der Waals surface area contributed by atoms with Crippen LogP contribution < -0.4 is 0 Å². The minimum absolute atomic E-state index is 0.00770. The van der Waals surface area contributed by atoms with Crippen LogP contribution in [0.25, 0.3) is 0 Å². The first-order valence-electron chi connectivity index (χ1n) is 9.18. The molecule has 0 radical (unpaired) electrons. The molecule has 3 rings (SSSR count). The predicted molar refractivity (Wildman–Crippen MR) is 99.8 cm³/mol. The number of nitrogens with zero attached hydrogens (tertiary/aromatic N) is 3. The second kappa shape index (κ2) is 8.41. The number of carbonyl (C=O) groups excluding carboxylic acids is 1. The fourth-order valence-electron chi connectivity index (χ4n) is 3.59. The zero-order valence-electron chi connectivity index (χ0n) is 15.4. The van der Waals surface area contributed by atoms with Crippen molar-refractivity contribution in [3.05, 3.63) is 65.7 Å². The molecule has 0 saturated carbocycles. The SMILES string of the molecule is C[C@@H](c1ccc(F)cc1)N(C)C(=O)[C@H]1CCCN(Cc2cccnc2)C1. The van der Waals surface area contributed by atoms with Crippen LogP contribution in [-0.4, -0.2) is 40.8 Å². The lowest BCUT2D eigenvalue weighted by Gasteiger charge is -2.35. The Labute approximate surface area is 154 Å². The molecular weight excluding hydrogens is 329 g/mol. The average Bonchev–Trinajstić information content (AvgIpc) is 2.68. The van der Waals surface area contributed by atoms with Gasteiger partial charge in [0.1, 0.15) is 5.82 Å². The highest BCUT2D eigenvalue weighted by molar-refractivity contribution is 5.79. The van der Waals surface area contributed by atoms with Gasteiger partial charge in [0, 0.05) is 32.5 Å². The van der Waals surface area contributed by atoms with Crippen LogP contribution in [0, 0.1) is 11.7 Å². The Morgan fingerprint density at radius 1 is 1.35 bits per heavy atom. The summed E-state index contributed by atoms with van der Waals surface area (Å²) in [5.74, 6) is -0.0840. The summed E-state index contributed by atoms with van der Waals surface area (Å²) in [6, 6.07) is 10.3. The Morgan fingerprint density at radius 3 is 2.81 bits per heavy atom. The van der Waals surface area contributed by atoms with Gasteiger partial charge >= 0.3 is 0 Å². The molecule has 4 nitrogen and oxygen atoms in total. The molecular formula is C21H26FN3O. The number of aromatic nitrogens is 1. The Balaban J connectivity index is 1.61. The standard InChI is InChI=1S/C21H26FN3O/c1-16(18-7-9-20(22)10-8-18)24(2)21(26)19-6-4-12-25(15-19)14-17-5-3-11-23-13-17/h3,5,7-11,13,16,19H,4,6,12,14-15H2,1-2H3/t16-,19-/m0/s1. The second-order valence-corrected chi connectivity index (χ2v) is 7.11. The zero-order valence-corrected chi connectivity index (χ0v) is 15.4. The number of hydrogen-bond donors (Lipinski definition) is 0. The molecule has 1 aliphatic heterocycles. The van der Waals surface area contributed by atoms with E-state index >= 15 is 0 Å². The normalized spacial score (nSPS) is 19.1. The smallest absolute Gasteiger partial charge is 0.227 e. The largest absolute Gasteiger partial charge is 0.339 e. The van der Waals surface area contributed by atoms with E-state index in [0.29, 0.717) is 0 Å². The summed E-state index contributed by atoms with van der Waals surface area (Å²) in [7, 11) is 1.84. The number of likely N-dealkylation sites (tertiary alicyclic amines) is 1. The van der Waals surface area contributed by atoms with Crippen molar-refractivity contribution in [3.8, 4) is 0 Å². The third kappa shape index (κ3) is 4.47. The monoisotopic (exact) mass is 355 g/mol. The van der Waals surface area contributed by atoms with Gasteiger partial charge in [-0.1, -0.05) is 18.2 Å². The van der Waals surface area contributed by atoms with Gasteiger partial charge in [-0.2, -0.15) is 0 Å². The number of pyridine rings is 1. The Bertz CT molecular complexity index is 720. The van der Waals surface area contributed by atoms with Crippen LogP contribution in [-0.2, 0) is 11.3 Å². The Morgan fingerprint density at radius 2 is 2.12 bits per heavy atom. The van der Waals surface area contributed by atoms with Gasteiger partial charge in [0.05, 0.1) is 12.0 Å². The van der Waals surface area contributed by atoms with Gasteiger partial charge < -0.3 is 4.90 Å². The molecule has 0 N–H and O–H groups in total. The minimum Gasteiger partial charge on any atom is -0.339 e. The number of benzene rings is 1. The molecule has 1 aromatic carbocycles. The summed E-state index contributed by atoms with van der Waals surface area (Å²) in [5, 5.41) is 0. The second-order valence-electron chi connectivity index (χ2n) is 7.11. The number of carbonyl (C=O) groups is 1. The van der Waals surface area contributed by atoms with Crippen molar-refractivity contribution in [1.29, 1.82) is 0 Å². The zero-order chi connectivity index (χ0) is 18.5. The third-order valence-corrected chi connectivity index (χ3v) is 5.26. The van der Waals surface area contributed by atoms with E-state index in [4.69, 9.17) is 0 Å². The molecule has 1 saturated heterocycles. The van der Waals surface area contributed by atoms with Crippen molar-refractivity contribution in [2.75, 3.05) is 20.1 Å². The molecule has 2 atom stereocenters. The van der Waals surface area contributed by atoms with Crippen LogP contribution in [0.5, 0.6) is 0 Å². The van der Waals surface area contributed by atoms with Gasteiger partial charge in [-0.05, 0) is 55.6 Å². The van der Waals surface area contributed by atoms with E-state index in [1.165, 1.54) is 17.7 Å². The molecule has 0 aliphatic carbocycles. The molecule has 2 aromatic rings. The number of hydrogen-bond acceptors (Lipinski definition) is 3. The fraction of sp³-hybridized carbons (Fsp3) is 0.429. The first-order chi connectivity index (χ1) is 12.5. The average molecular weight is 355 g/mol. The molecule has 1 amide bonds. The van der Waals surface area contributed by atoms with Crippen molar-refractivity contribution < 1.29 is 9.18 Å². The molecule has 0 bridgehead atoms. The maximum Gasteiger partial charge on any atom is 0.227 e. The van der Waals surface area contributed by atoms with Crippen LogP contribution in [0.15, 0.2) is 48.8 Å². The lowest BCUT2D eigenvalue weighted by atomic mass is 9.95. The molecule has 1 aromatic heterocycles. The molecule has 1 aliphatic rings. The van der Waals surface area contributed by atoms with E-state index < -0.39 is 0 Å². The van der Waals surface area contributed by atoms with Gasteiger partial charge in [0.25, 0.3) is 0 Å². The van der Waals surface area contributed by atoms with E-state index in [1.54, 1.807) is 23.2 Å². The predicted octanol–water partition coefficient (Wildman–Crippen LogP) is 3.65. The van der Waals surface area contributed by atoms with Crippen molar-refractivity contribution in [2.45, 2.75) is 32.4 Å². The fourth-order valence-corrected chi connectivity index (χ4v) is 3.59. The first-order valence-corrected chi connectivity index (χ1v) is 9.18. The summed E-state index contributed by atoms with van der Waals surface area (Å²) in [5.41, 5.74) is 2.12. The Hall–Kier alpha value is -2.27. The molecule has 0 unspecified atom stereocenters. The van der Waals surface area contributed by atoms with Crippen molar-refractivity contribution in [3.63, 3.8) is 0 Å². The molecule has 0 spiro atoms. The van der Waals surface area contributed by atoms with E-state index in [0.717, 1.165) is 38.0 Å². The topological polar surface area (TPSA) is 36.4 Å². The van der Waals surface area contributed by atoms with Crippen molar-refractivity contribution in [1.82, 2.24) is 14.8 Å². The van der Waals surface area contributed by atoms with Crippen LogP contribution in [0.1, 0.15) is 36.9 Å². The van der Waals surface area contributed by atoms with E-state index in [-0.39, 0.29) is 23.7 Å². The highest BCUT2D eigenvalue weighted by Crippen LogP contribution is 2.25. The number of halogens is 1. The van der Waals surface area contributed by atoms with Crippen LogP contribution in [0.2, 0.25) is 0 Å². The lowest BCUT2D eigenvalue weighted by molar-refractivity contribution is -0.138. The van der Waals surface area contributed by atoms with E-state index in [2.05, 4.69) is 16.0 Å². The number of piperidine rings is 1. The summed E-state index contributed by atoms with van der Waals surface area (Å²) in [6.45, 7) is 4.60. The summed E-state index contributed by atoms with van der Waals surface area (Å²) in [4.78, 5) is 21.3. The third-order valence-electron chi connectivity index (χ3n) is 5.26. The molecule has 5 heteroatoms. The van der Waals surface area contributed by atoms with Crippen LogP contribution in [0.3, 0.4) is 0 Å². The van der Waals surface area contributed by atoms with E-state index in [1.807, 2.05) is 26.2 Å². The van der Waals surface area contributed by atoms with Crippen molar-refractivity contribution in [2.24, 2.45) is 5.92 Å². The molecule has 2 heterocycles. The van der Waals surface area contributed by atoms with Gasteiger partial charge in [0.15, 0.2) is 0 Å². The molecule has 1 fully saturated rings. The maximum absolute atomic E-state index is 13.1. The van der Waals surface area contributed by atoms with E-state index in [9.17, 15) is 9.18 Å². The summed E-state index contributed by atoms with van der Waals surface area (Å²) < 4.78 is 13.1. The van der Waals surface area contributed by atoms with Crippen LogP contribution >= 0.6 is 0 Å². The van der Waals surface area contributed by atoms with Gasteiger partial charge in [-0.3, -0.25) is 14.7 Å².